The van der Waals surface area contributed by atoms with Crippen molar-refractivity contribution in [1.82, 2.24) is 4.98 Å². The molecule has 1 aromatic carbocycles. The fourth-order valence-corrected chi connectivity index (χ4v) is 2.12. The lowest BCUT2D eigenvalue weighted by atomic mass is 9.96. The van der Waals surface area contributed by atoms with Crippen molar-refractivity contribution >= 4 is 5.82 Å². The van der Waals surface area contributed by atoms with Crippen molar-refractivity contribution in [3.8, 4) is 29.0 Å². The van der Waals surface area contributed by atoms with Gasteiger partial charge in [-0.05, 0) is 17.7 Å². The minimum atomic E-state index is -0.635. The van der Waals surface area contributed by atoms with Gasteiger partial charge < -0.3 is 20.2 Å². The zero-order valence-corrected chi connectivity index (χ0v) is 12.4. The van der Waals surface area contributed by atoms with Crippen molar-refractivity contribution in [1.29, 1.82) is 10.5 Å². The van der Waals surface area contributed by atoms with Crippen LogP contribution in [0.25, 0.3) is 11.1 Å². The molecule has 2 rings (SSSR count). The fraction of sp³-hybridized carbons (Fsp3) is 0.188. The topological polar surface area (TPSA) is 125 Å². The number of ether oxygens (including phenoxy) is 2. The van der Waals surface area contributed by atoms with Gasteiger partial charge in [0.05, 0.1) is 6.61 Å². The van der Waals surface area contributed by atoms with Crippen molar-refractivity contribution < 1.29 is 9.47 Å². The second kappa shape index (κ2) is 7.12. The molecule has 0 aliphatic rings. The van der Waals surface area contributed by atoms with Crippen LogP contribution in [0.2, 0.25) is 0 Å². The molecule has 0 aliphatic heterocycles. The van der Waals surface area contributed by atoms with E-state index < -0.39 is 5.56 Å². The Hall–Kier alpha value is -3.29. The van der Waals surface area contributed by atoms with Crippen LogP contribution >= 0.6 is 0 Å². The first-order valence-electron chi connectivity index (χ1n) is 6.70. The van der Waals surface area contributed by atoms with Crippen molar-refractivity contribution in [3.63, 3.8) is 0 Å². The highest BCUT2D eigenvalue weighted by atomic mass is 16.5. The van der Waals surface area contributed by atoms with Crippen LogP contribution < -0.4 is 16.0 Å². The van der Waals surface area contributed by atoms with Crippen molar-refractivity contribution in [2.45, 2.75) is 0 Å². The lowest BCUT2D eigenvalue weighted by molar-refractivity contribution is 0.146. The number of methoxy groups -OCH3 is 1. The minimum absolute atomic E-state index is 0.0511. The van der Waals surface area contributed by atoms with Gasteiger partial charge in [0, 0.05) is 12.7 Å². The summed E-state index contributed by atoms with van der Waals surface area (Å²) in [6.45, 7) is 0.781. The Morgan fingerprint density at radius 2 is 1.96 bits per heavy atom. The molecule has 2 aromatic rings. The number of rotatable bonds is 5. The van der Waals surface area contributed by atoms with Gasteiger partial charge in [0.25, 0.3) is 5.56 Å². The predicted molar refractivity (Wildman–Crippen MR) is 83.7 cm³/mol. The largest absolute Gasteiger partial charge is 0.491 e. The highest BCUT2D eigenvalue weighted by Gasteiger charge is 2.18. The summed E-state index contributed by atoms with van der Waals surface area (Å²) in [7, 11) is 1.57. The zero-order valence-electron chi connectivity index (χ0n) is 12.4. The summed E-state index contributed by atoms with van der Waals surface area (Å²) >= 11 is 0. The van der Waals surface area contributed by atoms with E-state index in [1.807, 2.05) is 12.1 Å². The third-order valence-electron chi connectivity index (χ3n) is 3.15. The number of nitrogens with zero attached hydrogens (tertiary/aromatic N) is 2. The average Bonchev–Trinajstić information content (AvgIpc) is 2.55. The molecular weight excluding hydrogens is 296 g/mol. The number of hydrogen-bond donors (Lipinski definition) is 2. The van der Waals surface area contributed by atoms with Gasteiger partial charge in [-0.2, -0.15) is 10.5 Å². The second-order valence-corrected chi connectivity index (χ2v) is 4.59. The Labute approximate surface area is 132 Å². The third-order valence-corrected chi connectivity index (χ3v) is 3.15. The third kappa shape index (κ3) is 3.31. The van der Waals surface area contributed by atoms with E-state index in [0.29, 0.717) is 24.5 Å². The average molecular weight is 310 g/mol. The van der Waals surface area contributed by atoms with Crippen molar-refractivity contribution in [2.75, 3.05) is 26.1 Å². The summed E-state index contributed by atoms with van der Waals surface area (Å²) in [6, 6.07) is 10.5. The summed E-state index contributed by atoms with van der Waals surface area (Å²) in [4.78, 5) is 14.2. The smallest absolute Gasteiger partial charge is 0.268 e. The van der Waals surface area contributed by atoms with E-state index in [1.165, 1.54) is 0 Å². The molecule has 7 heteroatoms. The first-order chi connectivity index (χ1) is 11.1. The molecule has 0 saturated carbocycles. The molecule has 0 radical (unpaired) electrons. The molecule has 0 bridgehead atoms. The molecule has 3 N–H and O–H groups in total. The number of nitrogens with one attached hydrogen (secondary N) is 1. The van der Waals surface area contributed by atoms with Crippen LogP contribution in [0.1, 0.15) is 11.1 Å². The number of hydrogen-bond acceptors (Lipinski definition) is 6. The monoisotopic (exact) mass is 310 g/mol. The van der Waals surface area contributed by atoms with Crippen molar-refractivity contribution in [2.24, 2.45) is 0 Å². The summed E-state index contributed by atoms with van der Waals surface area (Å²) in [6.07, 6.45) is 0. The molecule has 0 aliphatic carbocycles. The van der Waals surface area contributed by atoms with E-state index in [4.69, 9.17) is 15.2 Å². The minimum Gasteiger partial charge on any atom is -0.491 e. The molecular formula is C16H14N4O3. The fourth-order valence-electron chi connectivity index (χ4n) is 2.12. The van der Waals surface area contributed by atoms with Gasteiger partial charge in [0.15, 0.2) is 0 Å². The van der Waals surface area contributed by atoms with Crippen LogP contribution in [0.15, 0.2) is 29.1 Å². The Balaban J connectivity index is 2.59. The van der Waals surface area contributed by atoms with Gasteiger partial charge in [-0.1, -0.05) is 12.1 Å². The standard InChI is InChI=1S/C16H14N4O3/c1-22-5-6-23-11-4-2-3-10(7-11)14-12(8-17)15(19)20-16(21)13(14)9-18/h2-4,7H,5-6H2,1H3,(H3,19,20,21). The predicted octanol–water partition coefficient (Wildman–Crippen LogP) is 1.39. The van der Waals surface area contributed by atoms with E-state index in [2.05, 4.69) is 4.98 Å². The number of pyridine rings is 1. The number of nitrogens with two attached hydrogens (primary N) is 1. The molecule has 0 fully saturated rings. The number of nitrogen functional groups attached to an aromatic ring is 1. The van der Waals surface area contributed by atoms with E-state index in [0.717, 1.165) is 0 Å². The van der Waals surface area contributed by atoms with Crippen LogP contribution in [0.4, 0.5) is 5.82 Å². The van der Waals surface area contributed by atoms with E-state index >= 15 is 0 Å². The van der Waals surface area contributed by atoms with Crippen LogP contribution in [0.3, 0.4) is 0 Å². The number of anilines is 1. The lowest BCUT2D eigenvalue weighted by Gasteiger charge is -2.11. The molecule has 1 aromatic heterocycles. The van der Waals surface area contributed by atoms with E-state index in [-0.39, 0.29) is 22.5 Å². The number of H-pyrrole nitrogens is 1. The second-order valence-electron chi connectivity index (χ2n) is 4.59. The molecule has 1 heterocycles. The zero-order chi connectivity index (χ0) is 16.8. The Morgan fingerprint density at radius 1 is 1.22 bits per heavy atom. The molecule has 116 valence electrons. The Bertz CT molecular complexity index is 859. The SMILES string of the molecule is COCCOc1cccc(-c2c(C#N)c(N)[nH]c(=O)c2C#N)c1. The first-order valence-corrected chi connectivity index (χ1v) is 6.70. The van der Waals surface area contributed by atoms with Crippen LogP contribution in [0.5, 0.6) is 5.75 Å². The summed E-state index contributed by atoms with van der Waals surface area (Å²) < 4.78 is 10.4. The van der Waals surface area contributed by atoms with Gasteiger partial charge in [-0.15, -0.1) is 0 Å². The highest BCUT2D eigenvalue weighted by molar-refractivity contribution is 5.80. The molecule has 0 spiro atoms. The molecule has 0 unspecified atom stereocenters. The lowest BCUT2D eigenvalue weighted by Crippen LogP contribution is -2.16. The summed E-state index contributed by atoms with van der Waals surface area (Å²) in [5, 5.41) is 18.6. The van der Waals surface area contributed by atoms with Gasteiger partial charge >= 0.3 is 0 Å². The Morgan fingerprint density at radius 3 is 2.61 bits per heavy atom. The van der Waals surface area contributed by atoms with Gasteiger partial charge in [-0.25, -0.2) is 0 Å². The highest BCUT2D eigenvalue weighted by Crippen LogP contribution is 2.30. The maximum atomic E-state index is 11.9. The van der Waals surface area contributed by atoms with Gasteiger partial charge in [0.2, 0.25) is 0 Å². The molecule has 7 nitrogen and oxygen atoms in total. The van der Waals surface area contributed by atoms with Crippen LogP contribution in [0, 0.1) is 22.7 Å². The van der Waals surface area contributed by atoms with Crippen molar-refractivity contribution in [3.05, 3.63) is 45.7 Å². The number of benzene rings is 1. The van der Waals surface area contributed by atoms with E-state index in [1.54, 1.807) is 31.4 Å². The first kappa shape index (κ1) is 16.1. The maximum absolute atomic E-state index is 11.9. The molecule has 0 atom stereocenters. The summed E-state index contributed by atoms with van der Waals surface area (Å²) in [5.74, 6) is 0.461. The number of aromatic amines is 1. The molecule has 0 saturated heterocycles. The quantitative estimate of drug-likeness (QED) is 0.804. The van der Waals surface area contributed by atoms with Gasteiger partial charge in [-0.3, -0.25) is 4.79 Å². The van der Waals surface area contributed by atoms with Gasteiger partial charge in [0.1, 0.15) is 41.4 Å². The number of nitriles is 2. The van der Waals surface area contributed by atoms with E-state index in [9.17, 15) is 15.3 Å². The van der Waals surface area contributed by atoms with Crippen LogP contribution in [-0.2, 0) is 4.74 Å². The summed E-state index contributed by atoms with van der Waals surface area (Å²) in [5.41, 5.74) is 5.66. The Kier molecular flexibility index (Phi) is 4.98. The molecule has 0 amide bonds. The molecule has 23 heavy (non-hydrogen) atoms. The normalized spacial score (nSPS) is 9.87. The maximum Gasteiger partial charge on any atom is 0.268 e. The number of aromatic nitrogens is 1. The van der Waals surface area contributed by atoms with Crippen LogP contribution in [-0.4, -0.2) is 25.3 Å².